The van der Waals surface area contributed by atoms with Crippen LogP contribution in [0.15, 0.2) is 58.0 Å². The van der Waals surface area contributed by atoms with Gasteiger partial charge < -0.3 is 9.15 Å². The summed E-state index contributed by atoms with van der Waals surface area (Å²) in [5.74, 6) is 0.877. The molecular formula is C21H18ClN3O5. The van der Waals surface area contributed by atoms with Crippen LogP contribution < -0.4 is 10.2 Å². The highest BCUT2D eigenvalue weighted by molar-refractivity contribution is 6.33. The molecule has 1 amide bonds. The first kappa shape index (κ1) is 21.1. The summed E-state index contributed by atoms with van der Waals surface area (Å²) in [7, 11) is 0. The van der Waals surface area contributed by atoms with Gasteiger partial charge >= 0.3 is 0 Å². The smallest absolute Gasteiger partial charge is 0.277 e. The van der Waals surface area contributed by atoms with E-state index in [1.165, 1.54) is 24.4 Å². The van der Waals surface area contributed by atoms with Crippen molar-refractivity contribution in [3.8, 4) is 17.1 Å². The van der Waals surface area contributed by atoms with E-state index in [1.54, 1.807) is 12.1 Å². The Hall–Kier alpha value is -3.65. The molecule has 9 heteroatoms. The number of nitro groups is 1. The van der Waals surface area contributed by atoms with Gasteiger partial charge in [-0.15, -0.1) is 0 Å². The number of aryl methyl sites for hydroxylation is 2. The lowest BCUT2D eigenvalue weighted by Crippen LogP contribution is -2.24. The second-order valence-corrected chi connectivity index (χ2v) is 6.88. The summed E-state index contributed by atoms with van der Waals surface area (Å²) in [6, 6.07) is 13.0. The van der Waals surface area contributed by atoms with Gasteiger partial charge in [0.25, 0.3) is 11.6 Å². The van der Waals surface area contributed by atoms with E-state index >= 15 is 0 Å². The number of furan rings is 1. The Kier molecular flexibility index (Phi) is 6.48. The Labute approximate surface area is 177 Å². The number of hydrogen-bond acceptors (Lipinski definition) is 6. The Balaban J connectivity index is 1.59. The normalized spacial score (nSPS) is 10.9. The van der Waals surface area contributed by atoms with Crippen molar-refractivity contribution in [3.05, 3.63) is 80.6 Å². The molecule has 0 aliphatic heterocycles. The summed E-state index contributed by atoms with van der Waals surface area (Å²) in [4.78, 5) is 22.3. The van der Waals surface area contributed by atoms with Crippen LogP contribution in [0.1, 0.15) is 16.9 Å². The lowest BCUT2D eigenvalue weighted by Gasteiger charge is -2.08. The molecule has 0 unspecified atom stereocenters. The van der Waals surface area contributed by atoms with Crippen LogP contribution in [-0.4, -0.2) is 23.7 Å². The third-order valence-electron chi connectivity index (χ3n) is 4.12. The summed E-state index contributed by atoms with van der Waals surface area (Å²) in [5.41, 5.74) is 4.68. The molecule has 0 bridgehead atoms. The van der Waals surface area contributed by atoms with Crippen molar-refractivity contribution in [1.82, 2.24) is 5.43 Å². The molecule has 0 saturated heterocycles. The van der Waals surface area contributed by atoms with Crippen LogP contribution in [0.25, 0.3) is 11.3 Å². The third-order valence-corrected chi connectivity index (χ3v) is 4.45. The van der Waals surface area contributed by atoms with Crippen molar-refractivity contribution >= 4 is 29.4 Å². The van der Waals surface area contributed by atoms with E-state index < -0.39 is 10.8 Å². The molecule has 3 aromatic rings. The molecule has 0 aliphatic carbocycles. The Bertz CT molecular complexity index is 1120. The maximum absolute atomic E-state index is 11.9. The first-order valence-electron chi connectivity index (χ1n) is 8.89. The number of benzene rings is 2. The van der Waals surface area contributed by atoms with Crippen molar-refractivity contribution in [3.63, 3.8) is 0 Å². The van der Waals surface area contributed by atoms with Gasteiger partial charge in [-0.1, -0.05) is 29.3 Å². The molecule has 0 saturated carbocycles. The maximum atomic E-state index is 11.9. The fourth-order valence-corrected chi connectivity index (χ4v) is 2.90. The fraction of sp³-hybridized carbons (Fsp3) is 0.143. The predicted molar refractivity (Wildman–Crippen MR) is 113 cm³/mol. The Morgan fingerprint density at radius 3 is 2.77 bits per heavy atom. The Morgan fingerprint density at radius 2 is 2.03 bits per heavy atom. The van der Waals surface area contributed by atoms with E-state index in [4.69, 9.17) is 20.8 Å². The molecule has 0 spiro atoms. The molecule has 0 aliphatic rings. The predicted octanol–water partition coefficient (Wildman–Crippen LogP) is 4.65. The van der Waals surface area contributed by atoms with Crippen LogP contribution in [0, 0.1) is 24.0 Å². The highest BCUT2D eigenvalue weighted by Crippen LogP contribution is 2.32. The molecule has 1 heterocycles. The van der Waals surface area contributed by atoms with Crippen LogP contribution in [0.3, 0.4) is 0 Å². The monoisotopic (exact) mass is 427 g/mol. The highest BCUT2D eigenvalue weighted by atomic mass is 35.5. The summed E-state index contributed by atoms with van der Waals surface area (Å²) in [6.45, 7) is 3.69. The second kappa shape index (κ2) is 9.23. The summed E-state index contributed by atoms with van der Waals surface area (Å²) in [5, 5.41) is 15.1. The molecule has 8 nitrogen and oxygen atoms in total. The minimum absolute atomic E-state index is 0.0999. The maximum Gasteiger partial charge on any atom is 0.277 e. The van der Waals surface area contributed by atoms with E-state index in [2.05, 4.69) is 10.5 Å². The molecular weight excluding hydrogens is 410 g/mol. The summed E-state index contributed by atoms with van der Waals surface area (Å²) in [6.07, 6.45) is 1.31. The molecule has 0 radical (unpaired) electrons. The number of amides is 1. The third kappa shape index (κ3) is 5.24. The number of rotatable bonds is 7. The lowest BCUT2D eigenvalue weighted by molar-refractivity contribution is -0.384. The van der Waals surface area contributed by atoms with Gasteiger partial charge in [-0.25, -0.2) is 5.43 Å². The molecule has 1 aromatic heterocycles. The molecule has 1 N–H and O–H groups in total. The van der Waals surface area contributed by atoms with Crippen molar-refractivity contribution in [2.75, 3.05) is 6.61 Å². The van der Waals surface area contributed by atoms with Crippen molar-refractivity contribution in [1.29, 1.82) is 0 Å². The number of nitrogens with zero attached hydrogens (tertiary/aromatic N) is 2. The molecule has 3 rings (SSSR count). The Morgan fingerprint density at radius 1 is 1.23 bits per heavy atom. The standard InChI is InChI=1S/C21H18ClN3O5/c1-13-3-7-19(14(2)9-13)29-12-21(26)24-23-11-16-5-8-20(30-16)17-10-15(25(27)28)4-6-18(17)22/h3-11H,12H2,1-2H3,(H,24,26). The van der Waals surface area contributed by atoms with Crippen molar-refractivity contribution in [2.45, 2.75) is 13.8 Å². The van der Waals surface area contributed by atoms with Gasteiger partial charge in [-0.3, -0.25) is 14.9 Å². The lowest BCUT2D eigenvalue weighted by atomic mass is 10.1. The molecule has 2 aromatic carbocycles. The zero-order valence-corrected chi connectivity index (χ0v) is 17.0. The van der Waals surface area contributed by atoms with Gasteiger partial charge in [0, 0.05) is 17.7 Å². The SMILES string of the molecule is Cc1ccc(OCC(=O)NN=Cc2ccc(-c3cc([N+](=O)[O-])ccc3Cl)o2)c(C)c1. The number of hydrogen-bond donors (Lipinski definition) is 1. The molecule has 0 fully saturated rings. The quantitative estimate of drug-likeness (QED) is 0.335. The van der Waals surface area contributed by atoms with Gasteiger partial charge in [-0.05, 0) is 43.7 Å². The molecule has 154 valence electrons. The van der Waals surface area contributed by atoms with Gasteiger partial charge in [-0.2, -0.15) is 5.10 Å². The average molecular weight is 428 g/mol. The van der Waals surface area contributed by atoms with Crippen LogP contribution >= 0.6 is 11.6 Å². The minimum atomic E-state index is -0.513. The van der Waals surface area contributed by atoms with Gasteiger partial charge in [0.2, 0.25) is 0 Å². The first-order valence-corrected chi connectivity index (χ1v) is 9.27. The van der Waals surface area contributed by atoms with Crippen molar-refractivity contribution in [2.24, 2.45) is 5.10 Å². The van der Waals surface area contributed by atoms with Crippen LogP contribution in [-0.2, 0) is 4.79 Å². The zero-order chi connectivity index (χ0) is 21.7. The number of non-ortho nitro benzene ring substituents is 1. The topological polar surface area (TPSA) is 107 Å². The largest absolute Gasteiger partial charge is 0.483 e. The van der Waals surface area contributed by atoms with E-state index in [-0.39, 0.29) is 12.3 Å². The number of halogens is 1. The summed E-state index contributed by atoms with van der Waals surface area (Å²) >= 11 is 6.11. The van der Waals surface area contributed by atoms with E-state index in [0.717, 1.165) is 11.1 Å². The number of nitrogens with one attached hydrogen (secondary N) is 1. The average Bonchev–Trinajstić information content (AvgIpc) is 3.16. The molecule has 30 heavy (non-hydrogen) atoms. The number of hydrazone groups is 1. The fourth-order valence-electron chi connectivity index (χ4n) is 2.69. The van der Waals surface area contributed by atoms with Gasteiger partial charge in [0.15, 0.2) is 6.61 Å². The molecule has 0 atom stereocenters. The van der Waals surface area contributed by atoms with Crippen molar-refractivity contribution < 1.29 is 18.9 Å². The first-order chi connectivity index (χ1) is 14.3. The second-order valence-electron chi connectivity index (χ2n) is 6.47. The van der Waals surface area contributed by atoms with E-state index in [0.29, 0.717) is 27.9 Å². The number of nitro benzene ring substituents is 1. The zero-order valence-electron chi connectivity index (χ0n) is 16.2. The van der Waals surface area contributed by atoms with Crippen LogP contribution in [0.4, 0.5) is 5.69 Å². The van der Waals surface area contributed by atoms with Crippen LogP contribution in [0.5, 0.6) is 5.75 Å². The van der Waals surface area contributed by atoms with Crippen LogP contribution in [0.2, 0.25) is 5.02 Å². The number of ether oxygens (including phenoxy) is 1. The van der Waals surface area contributed by atoms with E-state index in [1.807, 2.05) is 32.0 Å². The minimum Gasteiger partial charge on any atom is -0.483 e. The number of carbonyl (C=O) groups excluding carboxylic acids is 1. The van der Waals surface area contributed by atoms with Gasteiger partial charge in [0.1, 0.15) is 17.3 Å². The van der Waals surface area contributed by atoms with Gasteiger partial charge in [0.05, 0.1) is 16.2 Å². The van der Waals surface area contributed by atoms with E-state index in [9.17, 15) is 14.9 Å². The number of carbonyl (C=O) groups is 1. The highest BCUT2D eigenvalue weighted by Gasteiger charge is 2.14. The summed E-state index contributed by atoms with van der Waals surface area (Å²) < 4.78 is 11.1.